The summed E-state index contributed by atoms with van der Waals surface area (Å²) in [6.07, 6.45) is 2.67. The van der Waals surface area contributed by atoms with Gasteiger partial charge in [-0.3, -0.25) is 5.41 Å². The fourth-order valence-electron chi connectivity index (χ4n) is 1.93. The van der Waals surface area contributed by atoms with Gasteiger partial charge in [0.1, 0.15) is 6.07 Å². The van der Waals surface area contributed by atoms with Crippen molar-refractivity contribution in [1.82, 2.24) is 0 Å². The molecule has 0 aromatic heterocycles. The van der Waals surface area contributed by atoms with Gasteiger partial charge in [-0.05, 0) is 20.3 Å². The summed E-state index contributed by atoms with van der Waals surface area (Å²) >= 11 is 0. The van der Waals surface area contributed by atoms with E-state index in [9.17, 15) is 0 Å². The van der Waals surface area contributed by atoms with E-state index in [1.807, 2.05) is 26.0 Å². The second kappa shape index (κ2) is 3.28. The molecule has 0 aromatic rings. The van der Waals surface area contributed by atoms with Gasteiger partial charge in [-0.2, -0.15) is 5.26 Å². The van der Waals surface area contributed by atoms with E-state index in [-0.39, 0.29) is 17.4 Å². The van der Waals surface area contributed by atoms with E-state index in [2.05, 4.69) is 4.99 Å². The van der Waals surface area contributed by atoms with E-state index in [1.54, 1.807) is 0 Å². The van der Waals surface area contributed by atoms with Gasteiger partial charge in [-0.25, -0.2) is 4.99 Å². The van der Waals surface area contributed by atoms with Gasteiger partial charge in [0.25, 0.3) is 0 Å². The van der Waals surface area contributed by atoms with Crippen molar-refractivity contribution in [2.24, 2.45) is 10.9 Å². The first-order valence-corrected chi connectivity index (χ1v) is 4.94. The summed E-state index contributed by atoms with van der Waals surface area (Å²) in [5.74, 6) is 0.226. The summed E-state index contributed by atoms with van der Waals surface area (Å²) < 4.78 is 5.61. The molecule has 2 heterocycles. The quantitative estimate of drug-likeness (QED) is 0.650. The van der Waals surface area contributed by atoms with Crippen LogP contribution >= 0.6 is 0 Å². The summed E-state index contributed by atoms with van der Waals surface area (Å²) in [6, 6.07) is 2.00. The minimum atomic E-state index is -0.166. The van der Waals surface area contributed by atoms with E-state index in [0.717, 1.165) is 12.1 Å². The average molecular weight is 203 g/mol. The van der Waals surface area contributed by atoms with Crippen molar-refractivity contribution in [2.75, 3.05) is 6.61 Å². The minimum Gasteiger partial charge on any atom is -0.370 e. The normalized spacial score (nSPS) is 28.6. The molecule has 15 heavy (non-hydrogen) atoms. The Bertz CT molecular complexity index is 412. The second-order valence-electron chi connectivity index (χ2n) is 4.50. The number of hydrogen-bond acceptors (Lipinski definition) is 3. The van der Waals surface area contributed by atoms with Crippen molar-refractivity contribution >= 4 is 11.5 Å². The van der Waals surface area contributed by atoms with E-state index >= 15 is 0 Å². The van der Waals surface area contributed by atoms with Crippen LogP contribution in [-0.4, -0.2) is 23.8 Å². The molecule has 78 valence electrons. The molecular weight excluding hydrogens is 190 g/mol. The maximum absolute atomic E-state index is 8.82. The lowest BCUT2D eigenvalue weighted by Crippen LogP contribution is -2.41. The molecule has 0 aromatic carbocycles. The largest absolute Gasteiger partial charge is 0.370 e. The predicted octanol–water partition coefficient (Wildman–Crippen LogP) is 1.68. The van der Waals surface area contributed by atoms with Crippen molar-refractivity contribution in [3.05, 3.63) is 11.6 Å². The van der Waals surface area contributed by atoms with E-state index in [4.69, 9.17) is 15.4 Å². The Hall–Kier alpha value is -1.47. The lowest BCUT2D eigenvalue weighted by Gasteiger charge is -2.36. The number of allylic oxidation sites excluding steroid dienone is 1. The van der Waals surface area contributed by atoms with Gasteiger partial charge in [0, 0.05) is 5.92 Å². The molecular formula is C11H13N3O. The molecule has 1 unspecified atom stereocenters. The maximum Gasteiger partial charge on any atom is 0.162 e. The van der Waals surface area contributed by atoms with Gasteiger partial charge in [0.2, 0.25) is 0 Å². The maximum atomic E-state index is 8.82. The van der Waals surface area contributed by atoms with Gasteiger partial charge in [-0.1, -0.05) is 6.08 Å². The van der Waals surface area contributed by atoms with Crippen LogP contribution in [0.3, 0.4) is 0 Å². The van der Waals surface area contributed by atoms with Crippen LogP contribution in [0.15, 0.2) is 16.6 Å². The van der Waals surface area contributed by atoms with E-state index < -0.39 is 0 Å². The molecule has 1 N–H and O–H groups in total. The van der Waals surface area contributed by atoms with Crippen molar-refractivity contribution < 1.29 is 4.74 Å². The lowest BCUT2D eigenvalue weighted by molar-refractivity contribution is -0.0206. The number of nitrogens with one attached hydrogen (secondary N) is 1. The fourth-order valence-corrected chi connectivity index (χ4v) is 1.93. The molecule has 0 saturated carbocycles. The highest BCUT2D eigenvalue weighted by atomic mass is 16.5. The zero-order valence-electron chi connectivity index (χ0n) is 8.87. The van der Waals surface area contributed by atoms with Crippen LogP contribution in [-0.2, 0) is 4.74 Å². The van der Waals surface area contributed by atoms with Gasteiger partial charge in [-0.15, -0.1) is 0 Å². The number of nitriles is 1. The van der Waals surface area contributed by atoms with Gasteiger partial charge >= 0.3 is 0 Å². The van der Waals surface area contributed by atoms with Crippen LogP contribution in [0.5, 0.6) is 0 Å². The lowest BCUT2D eigenvalue weighted by atomic mass is 9.84. The molecule has 2 rings (SSSR count). The number of amidine groups is 1. The SMILES string of the molecule is CC1(C)CC2C=C(C#N)C(=N)N=C2CO1. The number of hydrogen-bond donors (Lipinski definition) is 1. The second-order valence-corrected chi connectivity index (χ2v) is 4.50. The summed E-state index contributed by atoms with van der Waals surface area (Å²) in [5, 5.41) is 16.4. The Labute approximate surface area is 88.8 Å². The molecule has 1 atom stereocenters. The number of ether oxygens (including phenoxy) is 1. The van der Waals surface area contributed by atoms with Crippen LogP contribution in [0, 0.1) is 22.7 Å². The van der Waals surface area contributed by atoms with Crippen LogP contribution in [0.25, 0.3) is 0 Å². The highest BCUT2D eigenvalue weighted by Gasteiger charge is 2.34. The van der Waals surface area contributed by atoms with Gasteiger partial charge in [0.15, 0.2) is 5.84 Å². The number of aliphatic imine (C=N–C) groups is 1. The molecule has 0 radical (unpaired) electrons. The summed E-state index contributed by atoms with van der Waals surface area (Å²) in [6.45, 7) is 4.53. The standard InChI is InChI=1S/C11H13N3O/c1-11(2)4-7-3-8(5-12)10(13)14-9(7)6-15-11/h3,7,13H,4,6H2,1-2H3. The van der Waals surface area contributed by atoms with Crippen LogP contribution in [0.1, 0.15) is 20.3 Å². The first-order valence-electron chi connectivity index (χ1n) is 4.94. The highest BCUT2D eigenvalue weighted by molar-refractivity contribution is 6.11. The Kier molecular flexibility index (Phi) is 2.20. The van der Waals surface area contributed by atoms with Gasteiger partial charge < -0.3 is 4.74 Å². The summed E-state index contributed by atoms with van der Waals surface area (Å²) in [7, 11) is 0. The minimum absolute atomic E-state index is 0.0621. The number of nitrogens with zero attached hydrogens (tertiary/aromatic N) is 2. The molecule has 4 nitrogen and oxygen atoms in total. The van der Waals surface area contributed by atoms with E-state index in [1.165, 1.54) is 0 Å². The molecule has 0 aliphatic carbocycles. The van der Waals surface area contributed by atoms with E-state index in [0.29, 0.717) is 12.2 Å². The zero-order chi connectivity index (χ0) is 11.1. The molecule has 2 aliphatic rings. The molecule has 1 fully saturated rings. The Morgan fingerprint density at radius 3 is 3.07 bits per heavy atom. The van der Waals surface area contributed by atoms with Crippen LogP contribution < -0.4 is 0 Å². The van der Waals surface area contributed by atoms with Crippen molar-refractivity contribution in [3.63, 3.8) is 0 Å². The summed E-state index contributed by atoms with van der Waals surface area (Å²) in [5.41, 5.74) is 1.08. The first-order chi connectivity index (χ1) is 7.02. The molecule has 0 amide bonds. The van der Waals surface area contributed by atoms with Crippen LogP contribution in [0.2, 0.25) is 0 Å². The molecule has 0 spiro atoms. The zero-order valence-corrected chi connectivity index (χ0v) is 8.87. The first kappa shape index (κ1) is 10.1. The average Bonchev–Trinajstić information content (AvgIpc) is 2.17. The summed E-state index contributed by atoms with van der Waals surface area (Å²) in [4.78, 5) is 4.11. The van der Waals surface area contributed by atoms with Crippen molar-refractivity contribution in [3.8, 4) is 6.07 Å². The van der Waals surface area contributed by atoms with Gasteiger partial charge in [0.05, 0.1) is 23.5 Å². The Morgan fingerprint density at radius 2 is 2.40 bits per heavy atom. The third-order valence-electron chi connectivity index (χ3n) is 2.75. The Balaban J connectivity index is 2.29. The molecule has 1 saturated heterocycles. The predicted molar refractivity (Wildman–Crippen MR) is 57.0 cm³/mol. The van der Waals surface area contributed by atoms with Crippen LogP contribution in [0.4, 0.5) is 0 Å². The Morgan fingerprint density at radius 1 is 1.67 bits per heavy atom. The van der Waals surface area contributed by atoms with Crippen molar-refractivity contribution in [1.29, 1.82) is 10.7 Å². The third kappa shape index (κ3) is 1.83. The molecule has 4 heteroatoms. The molecule has 2 aliphatic heterocycles. The smallest absolute Gasteiger partial charge is 0.162 e. The van der Waals surface area contributed by atoms with Crippen molar-refractivity contribution in [2.45, 2.75) is 25.9 Å². The molecule has 0 bridgehead atoms. The number of rotatable bonds is 0. The monoisotopic (exact) mass is 203 g/mol. The topological polar surface area (TPSA) is 69.2 Å². The highest BCUT2D eigenvalue weighted by Crippen LogP contribution is 2.30. The number of fused-ring (bicyclic) bond motifs is 1. The third-order valence-corrected chi connectivity index (χ3v) is 2.75. The number of dihydropyridines is 1. The fraction of sp³-hybridized carbons (Fsp3) is 0.545.